The number of esters is 1. The van der Waals surface area contributed by atoms with Gasteiger partial charge in [0.05, 0.1) is 7.11 Å². The van der Waals surface area contributed by atoms with Crippen LogP contribution in [0.3, 0.4) is 0 Å². The molecule has 0 bridgehead atoms. The van der Waals surface area contributed by atoms with Gasteiger partial charge in [-0.05, 0) is 26.2 Å². The van der Waals surface area contributed by atoms with Gasteiger partial charge in [0.15, 0.2) is 0 Å². The summed E-state index contributed by atoms with van der Waals surface area (Å²) in [5, 5.41) is 3.11. The van der Waals surface area contributed by atoms with Crippen molar-refractivity contribution in [1.29, 1.82) is 0 Å². The fraction of sp³-hybridized carbons (Fsp3) is 0.615. The van der Waals surface area contributed by atoms with Gasteiger partial charge in [0.25, 0.3) is 5.91 Å². The first kappa shape index (κ1) is 13.6. The van der Waals surface area contributed by atoms with E-state index in [0.717, 1.165) is 23.6 Å². The highest BCUT2D eigenvalue weighted by Crippen LogP contribution is 2.25. The first-order valence-electron chi connectivity index (χ1n) is 6.44. The zero-order chi connectivity index (χ0) is 14.0. The lowest BCUT2D eigenvalue weighted by Gasteiger charge is -2.25. The second-order valence-corrected chi connectivity index (χ2v) is 4.78. The molecule has 0 unspecified atom stereocenters. The van der Waals surface area contributed by atoms with Crippen LogP contribution in [0.4, 0.5) is 0 Å². The lowest BCUT2D eigenvalue weighted by molar-refractivity contribution is -0.154. The largest absolute Gasteiger partial charge is 0.467 e. The Bertz CT molecular complexity index is 456. The summed E-state index contributed by atoms with van der Waals surface area (Å²) >= 11 is 0. The van der Waals surface area contributed by atoms with E-state index < -0.39 is 12.0 Å². The fourth-order valence-electron chi connectivity index (χ4n) is 2.55. The summed E-state index contributed by atoms with van der Waals surface area (Å²) in [5.41, 5.74) is 1.38. The number of carbonyl (C=O) groups excluding carboxylic acids is 3. The second kappa shape index (κ2) is 5.42. The van der Waals surface area contributed by atoms with E-state index in [1.54, 1.807) is 0 Å². The zero-order valence-corrected chi connectivity index (χ0v) is 11.2. The van der Waals surface area contributed by atoms with Gasteiger partial charge in [0.1, 0.15) is 6.04 Å². The van der Waals surface area contributed by atoms with Crippen LogP contribution in [0.15, 0.2) is 11.3 Å². The van der Waals surface area contributed by atoms with Crippen molar-refractivity contribution in [3.63, 3.8) is 0 Å². The SMILES string of the molecule is COC(=O)[C@@H]1CCC(=O)N1C(=O)C1=C(C)NCCC1. The number of hydrogen-bond donors (Lipinski definition) is 1. The quantitative estimate of drug-likeness (QED) is 0.576. The topological polar surface area (TPSA) is 75.7 Å². The summed E-state index contributed by atoms with van der Waals surface area (Å²) < 4.78 is 4.66. The number of hydrogen-bond acceptors (Lipinski definition) is 5. The third kappa shape index (κ3) is 2.47. The van der Waals surface area contributed by atoms with Gasteiger partial charge in [0, 0.05) is 24.2 Å². The van der Waals surface area contributed by atoms with Crippen molar-refractivity contribution in [2.75, 3.05) is 13.7 Å². The lowest BCUT2D eigenvalue weighted by Crippen LogP contribution is -2.45. The average molecular weight is 266 g/mol. The third-order valence-electron chi connectivity index (χ3n) is 3.61. The maximum Gasteiger partial charge on any atom is 0.329 e. The summed E-state index contributed by atoms with van der Waals surface area (Å²) in [6.07, 6.45) is 2.04. The number of ether oxygens (including phenoxy) is 1. The van der Waals surface area contributed by atoms with Crippen molar-refractivity contribution < 1.29 is 19.1 Å². The first-order chi connectivity index (χ1) is 9.06. The highest BCUT2D eigenvalue weighted by Gasteiger charge is 2.42. The maximum atomic E-state index is 12.5. The van der Waals surface area contributed by atoms with Crippen molar-refractivity contribution in [3.8, 4) is 0 Å². The van der Waals surface area contributed by atoms with E-state index in [9.17, 15) is 14.4 Å². The molecule has 1 saturated heterocycles. The Balaban J connectivity index is 2.25. The number of imide groups is 1. The van der Waals surface area contributed by atoms with Crippen LogP contribution in [0, 0.1) is 0 Å². The highest BCUT2D eigenvalue weighted by atomic mass is 16.5. The van der Waals surface area contributed by atoms with Gasteiger partial charge in [-0.1, -0.05) is 0 Å². The van der Waals surface area contributed by atoms with Gasteiger partial charge in [0.2, 0.25) is 5.91 Å². The van der Waals surface area contributed by atoms with E-state index in [0.29, 0.717) is 18.4 Å². The first-order valence-corrected chi connectivity index (χ1v) is 6.44. The van der Waals surface area contributed by atoms with Gasteiger partial charge < -0.3 is 10.1 Å². The minimum atomic E-state index is -0.771. The molecule has 0 aliphatic carbocycles. The van der Waals surface area contributed by atoms with Gasteiger partial charge >= 0.3 is 5.97 Å². The summed E-state index contributed by atoms with van der Waals surface area (Å²) in [6, 6.07) is -0.771. The molecule has 19 heavy (non-hydrogen) atoms. The predicted molar refractivity (Wildman–Crippen MR) is 66.8 cm³/mol. The van der Waals surface area contributed by atoms with Gasteiger partial charge in [-0.15, -0.1) is 0 Å². The average Bonchev–Trinajstić information content (AvgIpc) is 2.79. The summed E-state index contributed by atoms with van der Waals surface area (Å²) in [4.78, 5) is 37.0. The molecule has 0 aromatic heterocycles. The van der Waals surface area contributed by atoms with Crippen LogP contribution in [0.5, 0.6) is 0 Å². The number of methoxy groups -OCH3 is 1. The van der Waals surface area contributed by atoms with E-state index in [2.05, 4.69) is 10.1 Å². The molecule has 0 spiro atoms. The Kier molecular flexibility index (Phi) is 3.87. The Labute approximate surface area is 111 Å². The van der Waals surface area contributed by atoms with Crippen molar-refractivity contribution in [2.24, 2.45) is 0 Å². The summed E-state index contributed by atoms with van der Waals surface area (Å²) in [6.45, 7) is 2.65. The normalized spacial score (nSPS) is 23.4. The van der Waals surface area contributed by atoms with Crippen LogP contribution in [0.1, 0.15) is 32.6 Å². The van der Waals surface area contributed by atoms with E-state index in [1.807, 2.05) is 6.92 Å². The number of likely N-dealkylation sites (tertiary alicyclic amines) is 1. The van der Waals surface area contributed by atoms with Gasteiger partial charge in [-0.25, -0.2) is 4.79 Å². The smallest absolute Gasteiger partial charge is 0.329 e. The Morgan fingerprint density at radius 1 is 1.37 bits per heavy atom. The van der Waals surface area contributed by atoms with Crippen LogP contribution in [-0.4, -0.2) is 42.4 Å². The number of nitrogens with one attached hydrogen (secondary N) is 1. The third-order valence-corrected chi connectivity index (χ3v) is 3.61. The van der Waals surface area contributed by atoms with Crippen molar-refractivity contribution in [2.45, 2.75) is 38.6 Å². The molecular formula is C13H18N2O4. The van der Waals surface area contributed by atoms with E-state index in [-0.39, 0.29) is 18.2 Å². The summed E-state index contributed by atoms with van der Waals surface area (Å²) in [5.74, 6) is -1.19. The number of amides is 2. The highest BCUT2D eigenvalue weighted by molar-refractivity contribution is 6.08. The molecule has 2 amide bonds. The molecule has 2 rings (SSSR count). The van der Waals surface area contributed by atoms with E-state index in [4.69, 9.17) is 0 Å². The predicted octanol–water partition coefficient (Wildman–Crippen LogP) is 0.334. The summed E-state index contributed by atoms with van der Waals surface area (Å²) in [7, 11) is 1.26. The number of carbonyl (C=O) groups is 3. The fourth-order valence-corrected chi connectivity index (χ4v) is 2.55. The lowest BCUT2D eigenvalue weighted by atomic mass is 10.0. The molecule has 2 aliphatic heterocycles. The van der Waals surface area contributed by atoms with E-state index in [1.165, 1.54) is 7.11 Å². The van der Waals surface area contributed by atoms with E-state index >= 15 is 0 Å². The Hall–Kier alpha value is -1.85. The zero-order valence-electron chi connectivity index (χ0n) is 11.2. The molecule has 6 heteroatoms. The van der Waals surface area contributed by atoms with Gasteiger partial charge in [-0.3, -0.25) is 14.5 Å². The molecule has 1 N–H and O–H groups in total. The monoisotopic (exact) mass is 266 g/mol. The molecule has 1 fully saturated rings. The molecule has 6 nitrogen and oxygen atoms in total. The molecule has 0 saturated carbocycles. The second-order valence-electron chi connectivity index (χ2n) is 4.78. The molecule has 2 aliphatic rings. The van der Waals surface area contributed by atoms with Crippen LogP contribution < -0.4 is 5.32 Å². The van der Waals surface area contributed by atoms with Crippen LogP contribution in [-0.2, 0) is 19.1 Å². The molecule has 104 valence electrons. The molecule has 2 heterocycles. The minimum Gasteiger partial charge on any atom is -0.467 e. The van der Waals surface area contributed by atoms with Crippen LogP contribution >= 0.6 is 0 Å². The molecule has 1 atom stereocenters. The molecule has 0 radical (unpaired) electrons. The van der Waals surface area contributed by atoms with Crippen molar-refractivity contribution in [3.05, 3.63) is 11.3 Å². The van der Waals surface area contributed by atoms with Crippen LogP contribution in [0.2, 0.25) is 0 Å². The molecular weight excluding hydrogens is 248 g/mol. The Morgan fingerprint density at radius 2 is 2.11 bits per heavy atom. The minimum absolute atomic E-state index is 0.214. The van der Waals surface area contributed by atoms with Crippen molar-refractivity contribution in [1.82, 2.24) is 10.2 Å². The molecule has 0 aromatic rings. The molecule has 0 aromatic carbocycles. The number of rotatable bonds is 2. The Morgan fingerprint density at radius 3 is 2.74 bits per heavy atom. The number of nitrogens with zero attached hydrogens (tertiary/aromatic N) is 1. The maximum absolute atomic E-state index is 12.5. The standard InChI is InChI=1S/C13H18N2O4/c1-8-9(4-3-7-14-8)12(17)15-10(13(18)19-2)5-6-11(15)16/h10,14H,3-7H2,1-2H3/t10-/m0/s1. The van der Waals surface area contributed by atoms with Gasteiger partial charge in [-0.2, -0.15) is 0 Å². The van der Waals surface area contributed by atoms with Crippen LogP contribution in [0.25, 0.3) is 0 Å². The van der Waals surface area contributed by atoms with Crippen molar-refractivity contribution >= 4 is 17.8 Å². The number of allylic oxidation sites excluding steroid dienone is 1.